The first kappa shape index (κ1) is 8.33. The third kappa shape index (κ3) is 2.08. The monoisotopic (exact) mass is 171 g/mol. The molecule has 0 aliphatic carbocycles. The van der Waals surface area contributed by atoms with Gasteiger partial charge in [-0.1, -0.05) is 19.9 Å². The van der Waals surface area contributed by atoms with Crippen LogP contribution < -0.4 is 5.32 Å². The number of rotatable bonds is 1. The molecule has 1 aliphatic rings. The van der Waals surface area contributed by atoms with Gasteiger partial charge in [0.2, 0.25) is 0 Å². The molecule has 3 nitrogen and oxygen atoms in total. The van der Waals surface area contributed by atoms with Gasteiger partial charge in [-0.15, -0.1) is 0 Å². The van der Waals surface area contributed by atoms with E-state index in [2.05, 4.69) is 5.32 Å². The maximum Gasteiger partial charge on any atom is 0.290 e. The second-order valence-corrected chi connectivity index (χ2v) is 3.63. The van der Waals surface area contributed by atoms with Crippen molar-refractivity contribution in [2.75, 3.05) is 0 Å². The van der Waals surface area contributed by atoms with Crippen molar-refractivity contribution in [3.05, 3.63) is 11.0 Å². The number of thioether (sulfide) groups is 1. The Labute approximate surface area is 69.2 Å². The lowest BCUT2D eigenvalue weighted by Gasteiger charge is -1.94. The lowest BCUT2D eigenvalue weighted by molar-refractivity contribution is -0.115. The van der Waals surface area contributed by atoms with Crippen LogP contribution in [-0.2, 0) is 4.79 Å². The van der Waals surface area contributed by atoms with Crippen molar-refractivity contribution in [2.24, 2.45) is 5.92 Å². The van der Waals surface area contributed by atoms with E-state index in [1.54, 1.807) is 6.08 Å². The van der Waals surface area contributed by atoms with Gasteiger partial charge < -0.3 is 0 Å². The molecule has 1 N–H and O–H groups in total. The number of carbonyl (C=O) groups excluding carboxylic acids is 2. The lowest BCUT2D eigenvalue weighted by atomic mass is 10.2. The fourth-order valence-electron chi connectivity index (χ4n) is 0.738. The summed E-state index contributed by atoms with van der Waals surface area (Å²) in [4.78, 5) is 22.1. The molecule has 0 radical (unpaired) electrons. The fourth-order valence-corrected chi connectivity index (χ4v) is 1.57. The number of nitrogens with one attached hydrogen (secondary N) is 1. The normalized spacial score (nSPS) is 21.5. The number of hydrogen-bond acceptors (Lipinski definition) is 3. The molecule has 11 heavy (non-hydrogen) atoms. The fraction of sp³-hybridized carbons (Fsp3) is 0.429. The van der Waals surface area contributed by atoms with E-state index in [4.69, 9.17) is 0 Å². The third-order valence-corrected chi connectivity index (χ3v) is 1.96. The number of carbonyl (C=O) groups is 2. The molecule has 0 aromatic carbocycles. The van der Waals surface area contributed by atoms with Gasteiger partial charge in [0.05, 0.1) is 4.91 Å². The van der Waals surface area contributed by atoms with Crippen LogP contribution in [0.3, 0.4) is 0 Å². The van der Waals surface area contributed by atoms with Gasteiger partial charge in [-0.25, -0.2) is 0 Å². The predicted octanol–water partition coefficient (Wildman–Crippen LogP) is 1.51. The molecular weight excluding hydrogens is 162 g/mol. The van der Waals surface area contributed by atoms with E-state index in [0.717, 1.165) is 11.8 Å². The van der Waals surface area contributed by atoms with Crippen LogP contribution >= 0.6 is 11.8 Å². The second-order valence-electron chi connectivity index (χ2n) is 2.62. The molecule has 1 aliphatic heterocycles. The highest BCUT2D eigenvalue weighted by molar-refractivity contribution is 8.18. The molecule has 0 aromatic rings. The minimum atomic E-state index is -0.276. The van der Waals surface area contributed by atoms with E-state index in [9.17, 15) is 9.59 Å². The highest BCUT2D eigenvalue weighted by Crippen LogP contribution is 2.24. The van der Waals surface area contributed by atoms with Crippen LogP contribution in [0.25, 0.3) is 0 Å². The maximum absolute atomic E-state index is 10.9. The van der Waals surface area contributed by atoms with Crippen LogP contribution in [0.4, 0.5) is 4.79 Å². The maximum atomic E-state index is 10.9. The Kier molecular flexibility index (Phi) is 2.34. The van der Waals surface area contributed by atoms with Crippen molar-refractivity contribution in [3.63, 3.8) is 0 Å². The van der Waals surface area contributed by atoms with Crippen molar-refractivity contribution >= 4 is 22.9 Å². The van der Waals surface area contributed by atoms with Gasteiger partial charge in [-0.3, -0.25) is 14.9 Å². The molecule has 1 heterocycles. The molecule has 2 amide bonds. The summed E-state index contributed by atoms with van der Waals surface area (Å²) in [6, 6.07) is 0. The summed E-state index contributed by atoms with van der Waals surface area (Å²) in [5.41, 5.74) is 0. The van der Waals surface area contributed by atoms with Gasteiger partial charge in [-0.05, 0) is 17.7 Å². The summed E-state index contributed by atoms with van der Waals surface area (Å²) >= 11 is 0.964. The molecule has 1 saturated heterocycles. The summed E-state index contributed by atoms with van der Waals surface area (Å²) in [7, 11) is 0. The van der Waals surface area contributed by atoms with Crippen LogP contribution in [0.2, 0.25) is 0 Å². The van der Waals surface area contributed by atoms with Gasteiger partial charge in [0.15, 0.2) is 0 Å². The highest BCUT2D eigenvalue weighted by Gasteiger charge is 2.24. The molecule has 1 fully saturated rings. The first-order chi connectivity index (χ1) is 5.09. The van der Waals surface area contributed by atoms with E-state index in [1.165, 1.54) is 0 Å². The van der Waals surface area contributed by atoms with Crippen LogP contribution in [-0.4, -0.2) is 11.1 Å². The number of imide groups is 1. The Bertz CT molecular complexity index is 233. The van der Waals surface area contributed by atoms with Crippen LogP contribution in [0.5, 0.6) is 0 Å². The Balaban J connectivity index is 2.75. The summed E-state index contributed by atoms with van der Waals surface area (Å²) in [5.74, 6) is 0.0304. The molecule has 4 heteroatoms. The standard InChI is InChI=1S/C7H9NO2S/c1-4(2)3-5-6(9)8-7(10)11-5/h3-4H,1-2H3,(H,8,9,10)/b5-3+. The average molecular weight is 171 g/mol. The summed E-state index contributed by atoms with van der Waals surface area (Å²) in [6.45, 7) is 3.92. The van der Waals surface area contributed by atoms with Crippen molar-refractivity contribution in [2.45, 2.75) is 13.8 Å². The second kappa shape index (κ2) is 3.09. The molecule has 0 bridgehead atoms. The van der Waals surface area contributed by atoms with E-state index < -0.39 is 0 Å². The molecule has 0 saturated carbocycles. The molecule has 0 unspecified atom stereocenters. The quantitative estimate of drug-likeness (QED) is 0.608. The average Bonchev–Trinajstić information content (AvgIpc) is 2.09. The smallest absolute Gasteiger partial charge is 0.282 e. The molecule has 0 atom stereocenters. The molecule has 1 rings (SSSR count). The van der Waals surface area contributed by atoms with E-state index in [-0.39, 0.29) is 11.1 Å². The molecular formula is C7H9NO2S. The lowest BCUT2D eigenvalue weighted by Crippen LogP contribution is -2.18. The van der Waals surface area contributed by atoms with Crippen molar-refractivity contribution in [3.8, 4) is 0 Å². The van der Waals surface area contributed by atoms with Crippen molar-refractivity contribution in [1.82, 2.24) is 5.32 Å². The van der Waals surface area contributed by atoms with Gasteiger partial charge in [0, 0.05) is 0 Å². The Hall–Kier alpha value is -0.770. The number of hydrogen-bond donors (Lipinski definition) is 1. The Morgan fingerprint density at radius 2 is 2.09 bits per heavy atom. The third-order valence-electron chi connectivity index (χ3n) is 1.13. The molecule has 0 aromatic heterocycles. The number of amides is 2. The van der Waals surface area contributed by atoms with E-state index in [1.807, 2.05) is 13.8 Å². The van der Waals surface area contributed by atoms with Crippen LogP contribution in [0.15, 0.2) is 11.0 Å². The van der Waals surface area contributed by atoms with Crippen LogP contribution in [0.1, 0.15) is 13.8 Å². The summed E-state index contributed by atoms with van der Waals surface area (Å²) in [5, 5.41) is 1.91. The SMILES string of the molecule is CC(C)/C=C1/SC(=O)NC1=O. The van der Waals surface area contributed by atoms with Gasteiger partial charge in [0.1, 0.15) is 0 Å². The summed E-state index contributed by atoms with van der Waals surface area (Å²) < 4.78 is 0. The summed E-state index contributed by atoms with van der Waals surface area (Å²) in [6.07, 6.45) is 1.78. The zero-order valence-corrected chi connectivity index (χ0v) is 7.20. The Morgan fingerprint density at radius 1 is 1.45 bits per heavy atom. The highest BCUT2D eigenvalue weighted by atomic mass is 32.2. The van der Waals surface area contributed by atoms with Gasteiger partial charge in [-0.2, -0.15) is 0 Å². The molecule has 60 valence electrons. The van der Waals surface area contributed by atoms with Gasteiger partial charge >= 0.3 is 0 Å². The number of allylic oxidation sites excluding steroid dienone is 1. The van der Waals surface area contributed by atoms with Gasteiger partial charge in [0.25, 0.3) is 11.1 Å². The van der Waals surface area contributed by atoms with E-state index >= 15 is 0 Å². The minimum absolute atomic E-state index is 0.270. The molecule has 0 spiro atoms. The largest absolute Gasteiger partial charge is 0.290 e. The first-order valence-corrected chi connectivity index (χ1v) is 4.16. The van der Waals surface area contributed by atoms with Crippen molar-refractivity contribution in [1.29, 1.82) is 0 Å². The first-order valence-electron chi connectivity index (χ1n) is 3.34. The zero-order valence-electron chi connectivity index (χ0n) is 6.38. The Morgan fingerprint density at radius 3 is 2.45 bits per heavy atom. The zero-order chi connectivity index (χ0) is 8.43. The van der Waals surface area contributed by atoms with E-state index in [0.29, 0.717) is 10.8 Å². The topological polar surface area (TPSA) is 46.2 Å². The predicted molar refractivity (Wildman–Crippen MR) is 44.1 cm³/mol. The van der Waals surface area contributed by atoms with Crippen molar-refractivity contribution < 1.29 is 9.59 Å². The minimum Gasteiger partial charge on any atom is -0.282 e. The van der Waals surface area contributed by atoms with Crippen LogP contribution in [0, 0.1) is 5.92 Å².